The number of hydrogen-bond acceptors (Lipinski definition) is 4. The van der Waals surface area contributed by atoms with E-state index >= 15 is 0 Å². The van der Waals surface area contributed by atoms with Gasteiger partial charge in [-0.3, -0.25) is 0 Å². The van der Waals surface area contributed by atoms with Crippen molar-refractivity contribution in [2.45, 2.75) is 42.9 Å². The van der Waals surface area contributed by atoms with Crippen LogP contribution in [-0.4, -0.2) is 24.6 Å². The zero-order chi connectivity index (χ0) is 20.0. The largest absolute Gasteiger partial charge is 0.507 e. The fraction of sp³-hybridized carbons (Fsp3) is 0.278. The maximum atomic E-state index is 13.1. The van der Waals surface area contributed by atoms with Gasteiger partial charge in [0.1, 0.15) is 11.3 Å². The number of carbonyl (C=O) groups is 1. The number of aromatic hydroxyl groups is 1. The molecular formula is C18H18Cl2O5S. The Labute approximate surface area is 162 Å². The van der Waals surface area contributed by atoms with Crippen LogP contribution in [0.3, 0.4) is 0 Å². The van der Waals surface area contributed by atoms with E-state index in [0.29, 0.717) is 0 Å². The van der Waals surface area contributed by atoms with Crippen molar-refractivity contribution in [1.82, 2.24) is 0 Å². The van der Waals surface area contributed by atoms with Crippen LogP contribution in [0, 0.1) is 6.92 Å². The van der Waals surface area contributed by atoms with E-state index in [1.807, 2.05) is 0 Å². The summed E-state index contributed by atoms with van der Waals surface area (Å²) in [6.45, 7) is 6.59. The summed E-state index contributed by atoms with van der Waals surface area (Å²) in [7, 11) is -4.08. The normalized spacial score (nSPS) is 12.2. The zero-order valence-corrected chi connectivity index (χ0v) is 16.9. The number of halogens is 2. The van der Waals surface area contributed by atoms with Crippen molar-refractivity contribution in [3.63, 3.8) is 0 Å². The first kappa shape index (κ1) is 20.6. The van der Waals surface area contributed by atoms with E-state index in [4.69, 9.17) is 23.2 Å². The molecule has 0 saturated carbocycles. The molecule has 0 unspecified atom stereocenters. The van der Waals surface area contributed by atoms with Gasteiger partial charge < -0.3 is 10.2 Å². The summed E-state index contributed by atoms with van der Waals surface area (Å²) in [4.78, 5) is 11.3. The van der Waals surface area contributed by atoms with Gasteiger partial charge in [-0.2, -0.15) is 0 Å². The van der Waals surface area contributed by atoms with Crippen LogP contribution in [0.5, 0.6) is 5.75 Å². The lowest BCUT2D eigenvalue weighted by atomic mass is 9.84. The Bertz CT molecular complexity index is 1010. The van der Waals surface area contributed by atoms with E-state index in [1.54, 1.807) is 20.8 Å². The molecule has 5 nitrogen and oxygen atoms in total. The van der Waals surface area contributed by atoms with Gasteiger partial charge in [-0.1, -0.05) is 44.0 Å². The fourth-order valence-electron chi connectivity index (χ4n) is 2.63. The summed E-state index contributed by atoms with van der Waals surface area (Å²) in [5, 5.41) is 20.2. The van der Waals surface area contributed by atoms with Gasteiger partial charge in [0.2, 0.25) is 9.84 Å². The number of carboxylic acids is 1. The van der Waals surface area contributed by atoms with Crippen molar-refractivity contribution in [3.05, 3.63) is 51.0 Å². The van der Waals surface area contributed by atoms with Crippen molar-refractivity contribution >= 4 is 39.0 Å². The van der Waals surface area contributed by atoms with Crippen LogP contribution in [-0.2, 0) is 15.3 Å². The van der Waals surface area contributed by atoms with E-state index in [9.17, 15) is 23.4 Å². The second kappa shape index (κ2) is 6.76. The lowest BCUT2D eigenvalue weighted by molar-refractivity contribution is 0.0692. The van der Waals surface area contributed by atoms with Crippen molar-refractivity contribution in [3.8, 4) is 5.75 Å². The molecule has 0 spiro atoms. The quantitative estimate of drug-likeness (QED) is 0.746. The summed E-state index contributed by atoms with van der Waals surface area (Å²) < 4.78 is 26.2. The molecule has 26 heavy (non-hydrogen) atoms. The van der Waals surface area contributed by atoms with E-state index in [1.165, 1.54) is 31.2 Å². The number of phenols is 1. The summed E-state index contributed by atoms with van der Waals surface area (Å²) in [5.74, 6) is -1.84. The van der Waals surface area contributed by atoms with Crippen LogP contribution < -0.4 is 0 Å². The standard InChI is InChI=1S/C18H18Cl2O5S/c1-9-14(26(24,25)10-5-6-12(19)13(20)7-10)8-11(18(2,3)4)16(21)15(9)17(22)23/h5-8,21H,1-4H3,(H,22,23). The number of carboxylic acid groups (broad SMARTS) is 1. The molecule has 0 heterocycles. The van der Waals surface area contributed by atoms with Crippen LogP contribution in [0.1, 0.15) is 42.3 Å². The van der Waals surface area contributed by atoms with Gasteiger partial charge in [-0.15, -0.1) is 0 Å². The minimum Gasteiger partial charge on any atom is -0.507 e. The Hall–Kier alpha value is -1.76. The Kier molecular flexibility index (Phi) is 5.34. The second-order valence-electron chi connectivity index (χ2n) is 6.91. The predicted molar refractivity (Wildman–Crippen MR) is 100 cm³/mol. The molecule has 0 bridgehead atoms. The number of rotatable bonds is 3. The van der Waals surface area contributed by atoms with Crippen molar-refractivity contribution in [1.29, 1.82) is 0 Å². The van der Waals surface area contributed by atoms with Gasteiger partial charge in [0.15, 0.2) is 0 Å². The molecule has 2 rings (SSSR count). The number of benzene rings is 2. The lowest BCUT2D eigenvalue weighted by Gasteiger charge is -2.24. The van der Waals surface area contributed by atoms with Crippen LogP contribution >= 0.6 is 23.2 Å². The van der Waals surface area contributed by atoms with Crippen molar-refractivity contribution < 1.29 is 23.4 Å². The smallest absolute Gasteiger partial charge is 0.339 e. The summed E-state index contributed by atoms with van der Waals surface area (Å²) in [5.41, 5.74) is -0.937. The lowest BCUT2D eigenvalue weighted by Crippen LogP contribution is -2.17. The minimum absolute atomic E-state index is 0.0472. The molecule has 2 aromatic rings. The highest BCUT2D eigenvalue weighted by molar-refractivity contribution is 7.91. The molecule has 0 atom stereocenters. The van der Waals surface area contributed by atoms with Gasteiger partial charge in [0.25, 0.3) is 0 Å². The van der Waals surface area contributed by atoms with E-state index in [0.717, 1.165) is 0 Å². The summed E-state index contributed by atoms with van der Waals surface area (Å²) in [6.07, 6.45) is 0. The maximum absolute atomic E-state index is 13.1. The fourth-order valence-corrected chi connectivity index (χ4v) is 4.54. The van der Waals surface area contributed by atoms with E-state index in [2.05, 4.69) is 0 Å². The minimum atomic E-state index is -4.08. The average molecular weight is 417 g/mol. The van der Waals surface area contributed by atoms with Gasteiger partial charge in [0.05, 0.1) is 19.8 Å². The highest BCUT2D eigenvalue weighted by Crippen LogP contribution is 2.40. The van der Waals surface area contributed by atoms with Crippen molar-refractivity contribution in [2.24, 2.45) is 0 Å². The van der Waals surface area contributed by atoms with Crippen LogP contribution in [0.2, 0.25) is 10.0 Å². The maximum Gasteiger partial charge on any atom is 0.339 e. The number of sulfone groups is 1. The first-order valence-electron chi connectivity index (χ1n) is 7.59. The Morgan fingerprint density at radius 2 is 1.65 bits per heavy atom. The molecule has 0 fully saturated rings. The zero-order valence-electron chi connectivity index (χ0n) is 14.6. The van der Waals surface area contributed by atoms with E-state index < -0.39 is 32.5 Å². The third-order valence-electron chi connectivity index (χ3n) is 4.02. The molecule has 0 saturated heterocycles. The number of aromatic carboxylic acids is 1. The van der Waals surface area contributed by atoms with Gasteiger partial charge in [-0.05, 0) is 42.2 Å². The number of hydrogen-bond donors (Lipinski definition) is 2. The first-order valence-corrected chi connectivity index (χ1v) is 9.83. The Morgan fingerprint density at radius 3 is 2.12 bits per heavy atom. The molecule has 8 heteroatoms. The predicted octanol–water partition coefficient (Wildman–Crippen LogP) is 4.84. The van der Waals surface area contributed by atoms with Crippen LogP contribution in [0.25, 0.3) is 0 Å². The summed E-state index contributed by atoms with van der Waals surface area (Å²) >= 11 is 11.8. The molecule has 0 aliphatic carbocycles. The van der Waals surface area contributed by atoms with Gasteiger partial charge in [0, 0.05) is 5.56 Å². The SMILES string of the molecule is Cc1c(S(=O)(=O)c2ccc(Cl)c(Cl)c2)cc(C(C)(C)C)c(O)c1C(=O)O. The molecule has 2 N–H and O–H groups in total. The molecule has 140 valence electrons. The molecule has 0 amide bonds. The third-order valence-corrected chi connectivity index (χ3v) is 6.64. The average Bonchev–Trinajstić information content (AvgIpc) is 2.48. The first-order chi connectivity index (χ1) is 11.8. The molecule has 2 aromatic carbocycles. The van der Waals surface area contributed by atoms with E-state index in [-0.39, 0.29) is 31.0 Å². The topological polar surface area (TPSA) is 91.7 Å². The Balaban J connectivity index is 2.90. The molecule has 0 aliphatic rings. The van der Waals surface area contributed by atoms with Crippen LogP contribution in [0.15, 0.2) is 34.1 Å². The van der Waals surface area contributed by atoms with Gasteiger partial charge in [-0.25, -0.2) is 13.2 Å². The molecule has 0 radical (unpaired) electrons. The molecule has 0 aromatic heterocycles. The van der Waals surface area contributed by atoms with Gasteiger partial charge >= 0.3 is 5.97 Å². The highest BCUT2D eigenvalue weighted by Gasteiger charge is 2.31. The van der Waals surface area contributed by atoms with Crippen molar-refractivity contribution in [2.75, 3.05) is 0 Å². The third kappa shape index (κ3) is 3.54. The molecular weight excluding hydrogens is 399 g/mol. The monoisotopic (exact) mass is 416 g/mol. The second-order valence-corrected chi connectivity index (χ2v) is 9.64. The van der Waals surface area contributed by atoms with Crippen LogP contribution in [0.4, 0.5) is 0 Å². The summed E-state index contributed by atoms with van der Waals surface area (Å²) in [6, 6.07) is 5.18. The molecule has 0 aliphatic heterocycles. The Morgan fingerprint density at radius 1 is 1.08 bits per heavy atom. The highest BCUT2D eigenvalue weighted by atomic mass is 35.5.